The minimum Gasteiger partial charge on any atom is -0.496 e. The summed E-state index contributed by atoms with van der Waals surface area (Å²) < 4.78 is 5.53. The average Bonchev–Trinajstić information content (AvgIpc) is 3.50. The van der Waals surface area contributed by atoms with Crippen LogP contribution in [0.4, 0.5) is 0 Å². The van der Waals surface area contributed by atoms with E-state index in [-0.39, 0.29) is 11.5 Å². The molecular weight excluding hydrogens is 334 g/mol. The van der Waals surface area contributed by atoms with Crippen LogP contribution >= 0.6 is 0 Å². The Kier molecular flexibility index (Phi) is 3.99. The normalized spacial score (nSPS) is 31.6. The maximum atomic E-state index is 13.5. The third kappa shape index (κ3) is 2.51. The second-order valence-corrected chi connectivity index (χ2v) is 8.37. The number of carbonyl (C=O) groups excluding carboxylic acids is 1. The molecule has 1 heterocycles. The summed E-state index contributed by atoms with van der Waals surface area (Å²) in [5.41, 5.74) is 2.47. The highest BCUT2D eigenvalue weighted by atomic mass is 16.5. The third-order valence-corrected chi connectivity index (χ3v) is 7.11. The average molecular weight is 361 g/mol. The predicted molar refractivity (Wildman–Crippen MR) is 106 cm³/mol. The lowest BCUT2D eigenvalue weighted by Crippen LogP contribution is -2.68. The lowest BCUT2D eigenvalue weighted by molar-refractivity contribution is -0.168. The van der Waals surface area contributed by atoms with Crippen molar-refractivity contribution in [3.05, 3.63) is 65.7 Å². The Morgan fingerprint density at radius 2 is 1.85 bits per heavy atom. The van der Waals surface area contributed by atoms with Crippen LogP contribution in [-0.2, 0) is 10.3 Å². The van der Waals surface area contributed by atoms with E-state index in [0.29, 0.717) is 17.7 Å². The zero-order chi connectivity index (χ0) is 18.4. The number of nitrogens with zero attached hydrogens (tertiary/aromatic N) is 1. The molecule has 5 rings (SSSR count). The number of hydrogen-bond donors (Lipinski definition) is 0. The van der Waals surface area contributed by atoms with Gasteiger partial charge in [-0.05, 0) is 42.4 Å². The molecule has 1 aliphatic heterocycles. The summed E-state index contributed by atoms with van der Waals surface area (Å²) in [6.45, 7) is 0.933. The van der Waals surface area contributed by atoms with Crippen molar-refractivity contribution in [2.24, 2.45) is 11.8 Å². The Labute approximate surface area is 161 Å². The number of amides is 1. The Bertz CT molecular complexity index is 848. The maximum absolute atomic E-state index is 13.5. The molecule has 0 radical (unpaired) electrons. The summed E-state index contributed by atoms with van der Waals surface area (Å²) in [6, 6.07) is 18.9. The molecule has 140 valence electrons. The number of methoxy groups -OCH3 is 1. The van der Waals surface area contributed by atoms with E-state index in [1.54, 1.807) is 7.11 Å². The van der Waals surface area contributed by atoms with Gasteiger partial charge in [0, 0.05) is 18.4 Å². The lowest BCUT2D eigenvalue weighted by Gasteiger charge is -2.61. The maximum Gasteiger partial charge on any atom is 0.227 e. The summed E-state index contributed by atoms with van der Waals surface area (Å²) in [6.07, 6.45) is 5.83. The van der Waals surface area contributed by atoms with Gasteiger partial charge >= 0.3 is 0 Å². The van der Waals surface area contributed by atoms with Crippen LogP contribution in [0.5, 0.6) is 5.75 Å². The molecule has 1 saturated heterocycles. The lowest BCUT2D eigenvalue weighted by atomic mass is 9.61. The molecule has 0 bridgehead atoms. The molecular formula is C24H27NO2. The fourth-order valence-corrected chi connectivity index (χ4v) is 5.63. The zero-order valence-corrected chi connectivity index (χ0v) is 15.9. The molecule has 3 heteroatoms. The van der Waals surface area contributed by atoms with Gasteiger partial charge in [0.15, 0.2) is 0 Å². The van der Waals surface area contributed by atoms with Gasteiger partial charge in [0.05, 0.1) is 12.6 Å². The van der Waals surface area contributed by atoms with Crippen molar-refractivity contribution in [3.8, 4) is 5.75 Å². The minimum absolute atomic E-state index is 0.0511. The highest BCUT2D eigenvalue weighted by Gasteiger charge is 2.60. The van der Waals surface area contributed by atoms with E-state index < -0.39 is 0 Å². The van der Waals surface area contributed by atoms with E-state index in [1.807, 2.05) is 18.2 Å². The van der Waals surface area contributed by atoms with Crippen molar-refractivity contribution in [3.63, 3.8) is 0 Å². The summed E-state index contributed by atoms with van der Waals surface area (Å²) in [5.74, 6) is 2.32. The van der Waals surface area contributed by atoms with Gasteiger partial charge in [0.1, 0.15) is 5.75 Å². The smallest absolute Gasteiger partial charge is 0.227 e. The van der Waals surface area contributed by atoms with Gasteiger partial charge in [-0.2, -0.15) is 0 Å². The Morgan fingerprint density at radius 3 is 2.63 bits per heavy atom. The molecule has 3 aliphatic rings. The largest absolute Gasteiger partial charge is 0.496 e. The predicted octanol–water partition coefficient (Wildman–Crippen LogP) is 4.73. The van der Waals surface area contributed by atoms with Crippen molar-refractivity contribution in [2.75, 3.05) is 13.7 Å². The van der Waals surface area contributed by atoms with Crippen molar-refractivity contribution in [1.29, 1.82) is 0 Å². The van der Waals surface area contributed by atoms with Crippen LogP contribution in [0.15, 0.2) is 54.6 Å². The molecule has 0 aromatic heterocycles. The summed E-state index contributed by atoms with van der Waals surface area (Å²) in [7, 11) is 1.71. The molecule has 0 unspecified atom stereocenters. The van der Waals surface area contributed by atoms with Crippen molar-refractivity contribution < 1.29 is 9.53 Å². The topological polar surface area (TPSA) is 29.5 Å². The standard InChI is InChI=1S/C24H27NO2/c1-27-22-13-6-5-12-19(22)20-15-21(20)23(26)25-16-18-11-7-8-14-24(18,25)17-9-3-2-4-10-17/h2-6,9-10,12-13,18,20-21H,7-8,11,14-16H2,1H3/t18-,20+,21+,24-/m1/s1. The fraction of sp³-hybridized carbons (Fsp3) is 0.458. The SMILES string of the molecule is COc1ccccc1[C@@H]1C[C@@H]1C(=O)N1C[C@H]2CCCC[C@@]21c1ccccc1. The van der Waals surface area contributed by atoms with Gasteiger partial charge in [-0.15, -0.1) is 0 Å². The molecule has 3 nitrogen and oxygen atoms in total. The molecule has 1 amide bonds. The van der Waals surface area contributed by atoms with E-state index in [4.69, 9.17) is 4.74 Å². The highest BCUT2D eigenvalue weighted by molar-refractivity contribution is 5.85. The summed E-state index contributed by atoms with van der Waals surface area (Å²) >= 11 is 0. The zero-order valence-electron chi connectivity index (χ0n) is 15.9. The monoisotopic (exact) mass is 361 g/mol. The molecule has 0 N–H and O–H groups in total. The Hall–Kier alpha value is -2.29. The fourth-order valence-electron chi connectivity index (χ4n) is 5.63. The molecule has 27 heavy (non-hydrogen) atoms. The first kappa shape index (κ1) is 16.9. The first-order valence-electron chi connectivity index (χ1n) is 10.3. The number of fused-ring (bicyclic) bond motifs is 1. The second kappa shape index (κ2) is 6.40. The van der Waals surface area contributed by atoms with Crippen molar-refractivity contribution in [1.82, 2.24) is 4.90 Å². The van der Waals surface area contributed by atoms with Gasteiger partial charge < -0.3 is 9.64 Å². The van der Waals surface area contributed by atoms with E-state index >= 15 is 0 Å². The Morgan fingerprint density at radius 1 is 1.07 bits per heavy atom. The molecule has 4 atom stereocenters. The van der Waals surface area contributed by atoms with Gasteiger partial charge in [-0.1, -0.05) is 61.4 Å². The van der Waals surface area contributed by atoms with Gasteiger partial charge in [-0.25, -0.2) is 0 Å². The summed E-state index contributed by atoms with van der Waals surface area (Å²) in [5, 5.41) is 0. The van der Waals surface area contributed by atoms with E-state index in [0.717, 1.165) is 25.1 Å². The number of ether oxygens (including phenoxy) is 1. The van der Waals surface area contributed by atoms with E-state index in [2.05, 4.69) is 41.3 Å². The molecule has 2 aromatic carbocycles. The number of hydrogen-bond acceptors (Lipinski definition) is 2. The van der Waals surface area contributed by atoms with E-state index in [1.165, 1.54) is 30.4 Å². The third-order valence-electron chi connectivity index (χ3n) is 7.11. The first-order chi connectivity index (χ1) is 13.3. The second-order valence-electron chi connectivity index (χ2n) is 8.37. The first-order valence-corrected chi connectivity index (χ1v) is 10.3. The summed E-state index contributed by atoms with van der Waals surface area (Å²) in [4.78, 5) is 15.7. The van der Waals surface area contributed by atoms with Crippen LogP contribution in [0, 0.1) is 11.8 Å². The molecule has 0 spiro atoms. The van der Waals surface area contributed by atoms with Crippen LogP contribution in [0.3, 0.4) is 0 Å². The van der Waals surface area contributed by atoms with Gasteiger partial charge in [0.25, 0.3) is 0 Å². The number of para-hydroxylation sites is 1. The van der Waals surface area contributed by atoms with Crippen LogP contribution in [0.25, 0.3) is 0 Å². The van der Waals surface area contributed by atoms with Crippen molar-refractivity contribution in [2.45, 2.75) is 43.6 Å². The highest BCUT2D eigenvalue weighted by Crippen LogP contribution is 2.58. The minimum atomic E-state index is -0.0511. The van der Waals surface area contributed by atoms with Crippen LogP contribution < -0.4 is 4.74 Å². The number of carbonyl (C=O) groups is 1. The number of likely N-dealkylation sites (tertiary alicyclic amines) is 1. The molecule has 2 aliphatic carbocycles. The van der Waals surface area contributed by atoms with Crippen molar-refractivity contribution >= 4 is 5.91 Å². The van der Waals surface area contributed by atoms with Gasteiger partial charge in [0.2, 0.25) is 5.91 Å². The number of rotatable bonds is 4. The molecule has 3 fully saturated rings. The van der Waals surface area contributed by atoms with Crippen LogP contribution in [-0.4, -0.2) is 24.5 Å². The molecule has 2 saturated carbocycles. The van der Waals surface area contributed by atoms with Crippen LogP contribution in [0.2, 0.25) is 0 Å². The number of benzene rings is 2. The Balaban J connectivity index is 1.41. The van der Waals surface area contributed by atoms with Crippen LogP contribution in [0.1, 0.15) is 49.1 Å². The molecule has 2 aromatic rings. The van der Waals surface area contributed by atoms with Gasteiger partial charge in [-0.3, -0.25) is 4.79 Å². The quantitative estimate of drug-likeness (QED) is 0.788. The van der Waals surface area contributed by atoms with E-state index in [9.17, 15) is 4.79 Å².